The molecule has 0 unspecified atom stereocenters. The zero-order valence-corrected chi connectivity index (χ0v) is 12.5. The predicted octanol–water partition coefficient (Wildman–Crippen LogP) is -1.14. The van der Waals surface area contributed by atoms with Crippen LogP contribution in [0.5, 0.6) is 0 Å². The van der Waals surface area contributed by atoms with Crippen LogP contribution in [0.15, 0.2) is 61.2 Å². The van der Waals surface area contributed by atoms with Crippen molar-refractivity contribution in [2.75, 3.05) is 0 Å². The molecular weight excluding hydrogens is 340 g/mol. The Morgan fingerprint density at radius 1 is 0.591 bits per heavy atom. The molecular formula is C10H12N2O8S2. The second kappa shape index (κ2) is 10.7. The largest absolute Gasteiger partial charge is 0.724 e. The molecule has 2 aromatic rings. The summed E-state index contributed by atoms with van der Waals surface area (Å²) in [6.07, 6.45) is 7.50. The van der Waals surface area contributed by atoms with Gasteiger partial charge in [0.25, 0.3) is 0 Å². The van der Waals surface area contributed by atoms with E-state index in [1.54, 1.807) is 0 Å². The van der Waals surface area contributed by atoms with Crippen LogP contribution < -0.4 is 9.97 Å². The van der Waals surface area contributed by atoms with Crippen LogP contribution in [0.2, 0.25) is 0 Å². The van der Waals surface area contributed by atoms with Gasteiger partial charge in [-0.3, -0.25) is 0 Å². The predicted molar refractivity (Wildman–Crippen MR) is 67.6 cm³/mol. The van der Waals surface area contributed by atoms with E-state index in [0.717, 1.165) is 0 Å². The lowest BCUT2D eigenvalue weighted by molar-refractivity contribution is -0.378. The second-order valence-corrected chi connectivity index (χ2v) is 5.01. The maximum absolute atomic E-state index is 9.37. The molecule has 0 aliphatic heterocycles. The summed E-state index contributed by atoms with van der Waals surface area (Å²) in [5.41, 5.74) is 0. The summed E-state index contributed by atoms with van der Waals surface area (Å²) in [4.78, 5) is 5.78. The van der Waals surface area contributed by atoms with Crippen molar-refractivity contribution in [3.63, 3.8) is 0 Å². The third kappa shape index (κ3) is 18.0. The van der Waals surface area contributed by atoms with Gasteiger partial charge in [0.15, 0.2) is 24.8 Å². The Morgan fingerprint density at radius 2 is 0.864 bits per heavy atom. The first-order chi connectivity index (χ1) is 10.2. The van der Waals surface area contributed by atoms with E-state index in [1.165, 1.54) is 0 Å². The summed E-state index contributed by atoms with van der Waals surface area (Å²) in [6, 6.07) is 11.7. The normalized spacial score (nSPS) is 10.5. The summed E-state index contributed by atoms with van der Waals surface area (Å²) in [6.45, 7) is 0. The quantitative estimate of drug-likeness (QED) is 0.290. The Hall–Kier alpha value is -1.96. The van der Waals surface area contributed by atoms with Crippen molar-refractivity contribution >= 4 is 20.8 Å². The van der Waals surface area contributed by atoms with Crippen LogP contribution in [0.1, 0.15) is 0 Å². The summed E-state index contributed by atoms with van der Waals surface area (Å²) in [5, 5.41) is 0. The van der Waals surface area contributed by atoms with E-state index in [2.05, 4.69) is 18.6 Å². The highest BCUT2D eigenvalue weighted by Crippen LogP contribution is 1.92. The van der Waals surface area contributed by atoms with Gasteiger partial charge < -0.3 is 9.11 Å². The van der Waals surface area contributed by atoms with Crippen molar-refractivity contribution < 1.29 is 44.6 Å². The fraction of sp³-hybridized carbons (Fsp3) is 0. The first kappa shape index (κ1) is 20.0. The van der Waals surface area contributed by atoms with Crippen molar-refractivity contribution in [1.29, 1.82) is 0 Å². The van der Waals surface area contributed by atoms with Gasteiger partial charge in [0, 0.05) is 24.3 Å². The zero-order valence-electron chi connectivity index (χ0n) is 10.9. The third-order valence-corrected chi connectivity index (χ3v) is 1.96. The molecule has 0 fully saturated rings. The second-order valence-electron chi connectivity index (χ2n) is 3.11. The molecule has 10 nitrogen and oxygen atoms in total. The molecule has 0 radical (unpaired) electrons. The lowest BCUT2D eigenvalue weighted by Gasteiger charge is -2.07. The standard InChI is InChI=1S/2C5H5N.H2O8S2/c2*1-2-4-6-5-3-1;1-9(2,3)7-8-10(4,5)6/h2*1-5H;(H,1,2,3)(H,4,5,6). The number of hydrogen-bond donors (Lipinski definition) is 0. The van der Waals surface area contributed by atoms with Crippen LogP contribution in [0.3, 0.4) is 0 Å². The Balaban J connectivity index is 0.000000315. The summed E-state index contributed by atoms with van der Waals surface area (Å²) in [5.74, 6) is 0. The lowest BCUT2D eigenvalue weighted by Crippen LogP contribution is -2.10. The number of pyridine rings is 2. The van der Waals surface area contributed by atoms with Crippen molar-refractivity contribution in [3.8, 4) is 0 Å². The average molecular weight is 352 g/mol. The minimum Gasteiger partial charge on any atom is -0.724 e. The van der Waals surface area contributed by atoms with Gasteiger partial charge in [-0.05, 0) is 0 Å². The van der Waals surface area contributed by atoms with E-state index in [-0.39, 0.29) is 0 Å². The zero-order chi connectivity index (χ0) is 16.9. The highest BCUT2D eigenvalue weighted by Gasteiger charge is 1.99. The number of hydrogen-bond acceptors (Lipinski definition) is 8. The monoisotopic (exact) mass is 352 g/mol. The minimum atomic E-state index is -5.31. The highest BCUT2D eigenvalue weighted by atomic mass is 32.3. The molecule has 0 saturated carbocycles. The third-order valence-electron chi connectivity index (χ3n) is 1.41. The first-order valence-electron chi connectivity index (χ1n) is 5.32. The Bertz CT molecular complexity index is 575. The molecule has 0 aromatic carbocycles. The van der Waals surface area contributed by atoms with Gasteiger partial charge in [-0.2, -0.15) is 0 Å². The number of aromatic nitrogens is 2. The van der Waals surface area contributed by atoms with Gasteiger partial charge in [0.2, 0.25) is 20.8 Å². The van der Waals surface area contributed by atoms with Gasteiger partial charge in [-0.15, -0.1) is 8.67 Å². The molecule has 0 amide bonds. The van der Waals surface area contributed by atoms with Crippen LogP contribution >= 0.6 is 0 Å². The molecule has 0 bridgehead atoms. The molecule has 12 heteroatoms. The number of nitrogens with one attached hydrogen (secondary N) is 2. The topological polar surface area (TPSA) is 161 Å². The van der Waals surface area contributed by atoms with Crippen LogP contribution in [0.25, 0.3) is 0 Å². The van der Waals surface area contributed by atoms with Gasteiger partial charge in [0.05, 0.1) is 0 Å². The molecule has 2 N–H and O–H groups in total. The van der Waals surface area contributed by atoms with E-state index in [1.807, 2.05) is 61.2 Å². The summed E-state index contributed by atoms with van der Waals surface area (Å²) < 4.78 is 61.5. The molecule has 2 heterocycles. The van der Waals surface area contributed by atoms with E-state index in [0.29, 0.717) is 0 Å². The van der Waals surface area contributed by atoms with Gasteiger partial charge >= 0.3 is 0 Å². The molecule has 22 heavy (non-hydrogen) atoms. The number of rotatable bonds is 3. The molecule has 2 rings (SSSR count). The molecule has 0 atom stereocenters. The summed E-state index contributed by atoms with van der Waals surface area (Å²) in [7, 11) is -10.6. The van der Waals surface area contributed by atoms with Crippen LogP contribution in [-0.4, -0.2) is 25.9 Å². The van der Waals surface area contributed by atoms with Gasteiger partial charge in [-0.1, -0.05) is 12.1 Å². The molecule has 2 aromatic heterocycles. The molecule has 0 aliphatic carbocycles. The molecule has 0 saturated heterocycles. The van der Waals surface area contributed by atoms with Crippen LogP contribution in [0.4, 0.5) is 0 Å². The maximum atomic E-state index is 9.37. The van der Waals surface area contributed by atoms with E-state index >= 15 is 0 Å². The van der Waals surface area contributed by atoms with Crippen molar-refractivity contribution in [2.24, 2.45) is 0 Å². The van der Waals surface area contributed by atoms with Crippen molar-refractivity contribution in [1.82, 2.24) is 0 Å². The number of aromatic amines is 2. The summed E-state index contributed by atoms with van der Waals surface area (Å²) >= 11 is 0. The Morgan fingerprint density at radius 3 is 0.955 bits per heavy atom. The minimum absolute atomic E-state index is 1.88. The van der Waals surface area contributed by atoms with Crippen molar-refractivity contribution in [3.05, 3.63) is 61.2 Å². The smallest absolute Gasteiger partial charge is 0.246 e. The SMILES string of the molecule is O=S(=O)([O-])OOS(=O)(=O)[O-].c1cc[nH+]cc1.c1cc[nH+]cc1. The Labute approximate surface area is 127 Å². The fourth-order valence-corrected chi connectivity index (χ4v) is 1.30. The van der Waals surface area contributed by atoms with Gasteiger partial charge in [0.1, 0.15) is 0 Å². The molecule has 0 spiro atoms. The van der Waals surface area contributed by atoms with Crippen LogP contribution in [0, 0.1) is 0 Å². The van der Waals surface area contributed by atoms with Crippen molar-refractivity contribution in [2.45, 2.75) is 0 Å². The maximum Gasteiger partial charge on any atom is 0.246 e. The lowest BCUT2D eigenvalue weighted by atomic mass is 10.5. The Kier molecular flexibility index (Phi) is 9.77. The number of H-pyrrole nitrogens is 2. The van der Waals surface area contributed by atoms with E-state index in [9.17, 15) is 25.9 Å². The molecule has 122 valence electrons. The first-order valence-corrected chi connectivity index (χ1v) is 7.99. The average Bonchev–Trinajstić information content (AvgIpc) is 2.49. The van der Waals surface area contributed by atoms with E-state index in [4.69, 9.17) is 0 Å². The molecule has 0 aliphatic rings. The van der Waals surface area contributed by atoms with Gasteiger partial charge in [-0.25, -0.2) is 26.8 Å². The van der Waals surface area contributed by atoms with Crippen LogP contribution in [-0.2, 0) is 29.5 Å². The highest BCUT2D eigenvalue weighted by molar-refractivity contribution is 7.83. The van der Waals surface area contributed by atoms with E-state index < -0.39 is 20.8 Å². The fourth-order valence-electron chi connectivity index (χ4n) is 0.752.